The third kappa shape index (κ3) is 5.31. The molecular formula is C48H38N4. The van der Waals surface area contributed by atoms with Crippen LogP contribution in [0, 0.1) is 29.1 Å². The highest BCUT2D eigenvalue weighted by atomic mass is 15.0. The number of fused-ring (bicyclic) bond motifs is 1. The molecule has 0 atom stereocenters. The van der Waals surface area contributed by atoms with Gasteiger partial charge in [-0.25, -0.2) is 15.0 Å². The fraction of sp³-hybridized carbons (Fsp3) is 0.208. The molecule has 11 rings (SSSR count). The zero-order valence-corrected chi connectivity index (χ0v) is 29.0. The summed E-state index contributed by atoms with van der Waals surface area (Å²) >= 11 is 0. The van der Waals surface area contributed by atoms with Crippen LogP contribution < -0.4 is 0 Å². The average Bonchev–Trinajstić information content (AvgIpc) is 3.20. The first kappa shape index (κ1) is 30.9. The zero-order valence-electron chi connectivity index (χ0n) is 29.0. The molecule has 4 aliphatic carbocycles. The Labute approximate surface area is 304 Å². The predicted molar refractivity (Wildman–Crippen MR) is 209 cm³/mol. The van der Waals surface area contributed by atoms with Gasteiger partial charge in [-0.05, 0) is 101 Å². The molecule has 0 aliphatic heterocycles. The Hall–Kier alpha value is -5.92. The Bertz CT molecular complexity index is 2460. The quantitative estimate of drug-likeness (QED) is 0.177. The first-order valence-corrected chi connectivity index (χ1v) is 18.7. The second-order valence-electron chi connectivity index (χ2n) is 15.4. The molecule has 1 aromatic heterocycles. The van der Waals surface area contributed by atoms with E-state index in [1.807, 2.05) is 48.5 Å². The molecule has 4 bridgehead atoms. The maximum atomic E-state index is 9.68. The summed E-state index contributed by atoms with van der Waals surface area (Å²) < 4.78 is 0. The fourth-order valence-electron chi connectivity index (χ4n) is 10.2. The summed E-state index contributed by atoms with van der Waals surface area (Å²) in [5.74, 6) is 4.72. The normalized spacial score (nSPS) is 21.6. The lowest BCUT2D eigenvalue weighted by Gasteiger charge is -2.57. The van der Waals surface area contributed by atoms with Crippen LogP contribution in [0.25, 0.3) is 67.2 Å². The van der Waals surface area contributed by atoms with Crippen molar-refractivity contribution in [1.29, 1.82) is 5.26 Å². The van der Waals surface area contributed by atoms with Gasteiger partial charge in [0.15, 0.2) is 17.5 Å². The van der Waals surface area contributed by atoms with Gasteiger partial charge in [-0.15, -0.1) is 0 Å². The van der Waals surface area contributed by atoms with E-state index in [9.17, 15) is 5.26 Å². The summed E-state index contributed by atoms with van der Waals surface area (Å²) in [6.45, 7) is 0. The van der Waals surface area contributed by atoms with Gasteiger partial charge in [0.05, 0.1) is 11.6 Å². The molecule has 250 valence electrons. The summed E-state index contributed by atoms with van der Waals surface area (Å²) in [4.78, 5) is 15.3. The number of rotatable bonds is 6. The maximum Gasteiger partial charge on any atom is 0.164 e. The van der Waals surface area contributed by atoms with Crippen LogP contribution in [-0.2, 0) is 5.41 Å². The van der Waals surface area contributed by atoms with Crippen LogP contribution in [0.4, 0.5) is 0 Å². The third-order valence-electron chi connectivity index (χ3n) is 12.2. The highest BCUT2D eigenvalue weighted by Gasteiger charge is 2.51. The second kappa shape index (κ2) is 12.4. The van der Waals surface area contributed by atoms with Gasteiger partial charge in [0.2, 0.25) is 0 Å². The van der Waals surface area contributed by atoms with E-state index in [0.29, 0.717) is 28.5 Å². The SMILES string of the molecule is N#Cc1ccc(-c2ccc(-c3nc(-c4ccccc4)nc(-c4ccccc4-c4ccc(C56CC7CC(CC(C7)C5)C6)cc4)n3)cc2)c2ccccc12. The minimum Gasteiger partial charge on any atom is -0.208 e. The number of hydrogen-bond acceptors (Lipinski definition) is 4. The van der Waals surface area contributed by atoms with Gasteiger partial charge in [-0.2, -0.15) is 5.26 Å². The Balaban J connectivity index is 1.03. The van der Waals surface area contributed by atoms with E-state index in [4.69, 9.17) is 15.0 Å². The zero-order chi connectivity index (χ0) is 34.6. The highest BCUT2D eigenvalue weighted by molar-refractivity contribution is 5.99. The molecule has 0 amide bonds. The lowest BCUT2D eigenvalue weighted by molar-refractivity contribution is -0.00518. The number of benzene rings is 6. The van der Waals surface area contributed by atoms with Crippen LogP contribution in [0.2, 0.25) is 0 Å². The lowest BCUT2D eigenvalue weighted by atomic mass is 9.48. The van der Waals surface area contributed by atoms with Gasteiger partial charge in [-0.3, -0.25) is 0 Å². The Morgan fingerprint density at radius 3 is 1.60 bits per heavy atom. The van der Waals surface area contributed by atoms with Crippen molar-refractivity contribution >= 4 is 10.8 Å². The van der Waals surface area contributed by atoms with Crippen molar-refractivity contribution in [2.75, 3.05) is 0 Å². The molecule has 0 spiro atoms. The second-order valence-corrected chi connectivity index (χ2v) is 15.4. The summed E-state index contributed by atoms with van der Waals surface area (Å²) in [5, 5.41) is 11.7. The van der Waals surface area contributed by atoms with Crippen molar-refractivity contribution in [3.8, 4) is 62.5 Å². The Morgan fingerprint density at radius 1 is 0.442 bits per heavy atom. The molecule has 6 aromatic carbocycles. The number of hydrogen-bond donors (Lipinski definition) is 0. The van der Waals surface area contributed by atoms with E-state index < -0.39 is 0 Å². The van der Waals surface area contributed by atoms with Gasteiger partial charge in [-0.1, -0.05) is 133 Å². The van der Waals surface area contributed by atoms with E-state index in [1.165, 1.54) is 44.1 Å². The minimum absolute atomic E-state index is 0.378. The molecule has 1 heterocycles. The largest absolute Gasteiger partial charge is 0.208 e. The molecule has 7 aromatic rings. The number of nitriles is 1. The van der Waals surface area contributed by atoms with Crippen molar-refractivity contribution in [2.45, 2.75) is 43.9 Å². The average molecular weight is 671 g/mol. The van der Waals surface area contributed by atoms with Crippen LogP contribution in [0.15, 0.2) is 140 Å². The highest BCUT2D eigenvalue weighted by Crippen LogP contribution is 2.60. The molecule has 4 saturated carbocycles. The minimum atomic E-state index is 0.378. The summed E-state index contributed by atoms with van der Waals surface area (Å²) in [5.41, 5.74) is 9.93. The summed E-state index contributed by atoms with van der Waals surface area (Å²) in [6.07, 6.45) is 8.49. The molecule has 0 unspecified atom stereocenters. The number of aromatic nitrogens is 3. The fourth-order valence-corrected chi connectivity index (χ4v) is 10.2. The predicted octanol–water partition coefficient (Wildman–Crippen LogP) is 11.7. The van der Waals surface area contributed by atoms with Crippen LogP contribution in [-0.4, -0.2) is 15.0 Å². The lowest BCUT2D eigenvalue weighted by Crippen LogP contribution is -2.48. The molecule has 4 fully saturated rings. The van der Waals surface area contributed by atoms with E-state index in [1.54, 1.807) is 5.56 Å². The van der Waals surface area contributed by atoms with Crippen molar-refractivity contribution < 1.29 is 0 Å². The summed E-state index contributed by atoms with van der Waals surface area (Å²) in [7, 11) is 0. The van der Waals surface area contributed by atoms with E-state index >= 15 is 0 Å². The van der Waals surface area contributed by atoms with Gasteiger partial charge in [0, 0.05) is 22.1 Å². The van der Waals surface area contributed by atoms with Crippen LogP contribution in [0.1, 0.15) is 49.7 Å². The molecule has 0 saturated heterocycles. The van der Waals surface area contributed by atoms with Crippen LogP contribution in [0.3, 0.4) is 0 Å². The smallest absolute Gasteiger partial charge is 0.164 e. The van der Waals surface area contributed by atoms with Gasteiger partial charge in [0.1, 0.15) is 0 Å². The monoisotopic (exact) mass is 670 g/mol. The molecule has 0 N–H and O–H groups in total. The molecule has 4 aliphatic rings. The number of nitrogens with zero attached hydrogens (tertiary/aromatic N) is 4. The Kier molecular flexibility index (Phi) is 7.35. The maximum absolute atomic E-state index is 9.68. The first-order chi connectivity index (χ1) is 25.6. The molecular weight excluding hydrogens is 633 g/mol. The van der Waals surface area contributed by atoms with Gasteiger partial charge >= 0.3 is 0 Å². The van der Waals surface area contributed by atoms with Crippen LogP contribution >= 0.6 is 0 Å². The van der Waals surface area contributed by atoms with E-state index in [-0.39, 0.29) is 0 Å². The van der Waals surface area contributed by atoms with Crippen molar-refractivity contribution in [3.05, 3.63) is 151 Å². The first-order valence-electron chi connectivity index (χ1n) is 18.7. The van der Waals surface area contributed by atoms with Crippen molar-refractivity contribution in [1.82, 2.24) is 15.0 Å². The molecule has 4 nitrogen and oxygen atoms in total. The van der Waals surface area contributed by atoms with Crippen LogP contribution in [0.5, 0.6) is 0 Å². The van der Waals surface area contributed by atoms with E-state index in [0.717, 1.165) is 61.9 Å². The molecule has 4 heteroatoms. The summed E-state index contributed by atoms with van der Waals surface area (Å²) in [6, 6.07) is 51.0. The standard InChI is InChI=1S/C48H38N4/c49-30-38-20-23-42(43-12-6-4-11-41(38)43)34-14-16-37(17-15-34)46-50-45(36-8-2-1-3-9-36)51-47(52-46)44-13-7-5-10-40(44)35-18-21-39(22-19-35)48-27-31-24-32(28-48)26-33(25-31)29-48/h1-23,31-33H,24-29H2. The third-order valence-corrected chi connectivity index (χ3v) is 12.2. The molecule has 0 radical (unpaired) electrons. The van der Waals surface area contributed by atoms with Crippen molar-refractivity contribution in [3.63, 3.8) is 0 Å². The van der Waals surface area contributed by atoms with Crippen molar-refractivity contribution in [2.24, 2.45) is 17.8 Å². The van der Waals surface area contributed by atoms with Gasteiger partial charge < -0.3 is 0 Å². The topological polar surface area (TPSA) is 62.5 Å². The van der Waals surface area contributed by atoms with E-state index in [2.05, 4.69) is 97.1 Å². The van der Waals surface area contributed by atoms with Gasteiger partial charge in [0.25, 0.3) is 0 Å². The molecule has 52 heavy (non-hydrogen) atoms. The Morgan fingerprint density at radius 2 is 0.942 bits per heavy atom.